The van der Waals surface area contributed by atoms with Crippen molar-refractivity contribution in [3.05, 3.63) is 56.5 Å². The summed E-state index contributed by atoms with van der Waals surface area (Å²) in [5.41, 5.74) is 5.40. The molecule has 0 bridgehead atoms. The molecular weight excluding hydrogens is 444 g/mol. The number of nitrogens with two attached hydrogens (primary N) is 1. The van der Waals surface area contributed by atoms with Crippen LogP contribution in [0.25, 0.3) is 10.9 Å². The van der Waals surface area contributed by atoms with Gasteiger partial charge in [0.1, 0.15) is 22.2 Å². The van der Waals surface area contributed by atoms with E-state index in [2.05, 4.69) is 14.9 Å². The van der Waals surface area contributed by atoms with E-state index in [0.717, 1.165) is 36.8 Å². The van der Waals surface area contributed by atoms with E-state index < -0.39 is 17.0 Å². The molecule has 1 saturated heterocycles. The number of Topliss-reactive ketones (excluding diaryl/α,β-unsaturated/α-hetero) is 1. The van der Waals surface area contributed by atoms with Gasteiger partial charge in [0.25, 0.3) is 5.56 Å². The van der Waals surface area contributed by atoms with Crippen molar-refractivity contribution in [2.45, 2.75) is 30.5 Å². The lowest BCUT2D eigenvalue weighted by Crippen LogP contribution is -2.36. The van der Waals surface area contributed by atoms with Crippen molar-refractivity contribution >= 4 is 34.3 Å². The fraction of sp³-hybridized carbons (Fsp3) is 0.409. The molecule has 2 aromatic heterocycles. The number of fused-ring (bicyclic) bond motifs is 1. The van der Waals surface area contributed by atoms with Crippen LogP contribution >= 0.6 is 11.8 Å². The molecule has 33 heavy (non-hydrogen) atoms. The van der Waals surface area contributed by atoms with Crippen molar-refractivity contribution in [1.82, 2.24) is 24.4 Å². The van der Waals surface area contributed by atoms with Crippen LogP contribution in [-0.4, -0.2) is 62.3 Å². The number of H-pyrrole nitrogens is 1. The number of morpholine rings is 1. The molecule has 172 valence electrons. The van der Waals surface area contributed by atoms with Crippen LogP contribution in [0.15, 0.2) is 38.9 Å². The second kappa shape index (κ2) is 9.08. The highest BCUT2D eigenvalue weighted by molar-refractivity contribution is 8.00. The summed E-state index contributed by atoms with van der Waals surface area (Å²) in [6.45, 7) is 3.59. The minimum absolute atomic E-state index is 0.0336. The van der Waals surface area contributed by atoms with Crippen molar-refractivity contribution in [3.63, 3.8) is 0 Å². The summed E-state index contributed by atoms with van der Waals surface area (Å²) >= 11 is 1.24. The Labute approximate surface area is 193 Å². The highest BCUT2D eigenvalue weighted by Gasteiger charge is 2.30. The van der Waals surface area contributed by atoms with Gasteiger partial charge in [-0.3, -0.25) is 24.0 Å². The Bertz CT molecular complexity index is 1330. The molecular formula is C22H24N6O4S. The second-order valence-corrected chi connectivity index (χ2v) is 9.15. The predicted octanol–water partition coefficient (Wildman–Crippen LogP) is 1.20. The first-order chi connectivity index (χ1) is 16.0. The van der Waals surface area contributed by atoms with Crippen LogP contribution in [-0.2, 0) is 11.3 Å². The van der Waals surface area contributed by atoms with Crippen molar-refractivity contribution in [1.29, 1.82) is 0 Å². The number of thioether (sulfide) groups is 1. The number of aromatic nitrogens is 4. The summed E-state index contributed by atoms with van der Waals surface area (Å²) in [5, 5.41) is 1.51. The van der Waals surface area contributed by atoms with Gasteiger partial charge >= 0.3 is 5.69 Å². The van der Waals surface area contributed by atoms with E-state index in [0.29, 0.717) is 30.6 Å². The van der Waals surface area contributed by atoms with E-state index in [9.17, 15) is 14.4 Å². The van der Waals surface area contributed by atoms with Crippen molar-refractivity contribution < 1.29 is 9.53 Å². The number of hydrogen-bond donors (Lipinski definition) is 2. The zero-order valence-electron chi connectivity index (χ0n) is 18.0. The number of nitrogens with one attached hydrogen (secondary N) is 1. The molecule has 1 aliphatic carbocycles. The van der Waals surface area contributed by atoms with Gasteiger partial charge in [-0.25, -0.2) is 14.8 Å². The quantitative estimate of drug-likeness (QED) is 0.298. The van der Waals surface area contributed by atoms with E-state index in [1.54, 1.807) is 0 Å². The molecule has 0 spiro atoms. The van der Waals surface area contributed by atoms with Crippen molar-refractivity contribution in [2.24, 2.45) is 0 Å². The first kappa shape index (κ1) is 21.8. The fourth-order valence-electron chi connectivity index (χ4n) is 3.97. The molecule has 2 fully saturated rings. The Hall–Kier alpha value is -3.02. The summed E-state index contributed by atoms with van der Waals surface area (Å²) in [7, 11) is 0. The number of carbonyl (C=O) groups is 1. The monoisotopic (exact) mass is 468 g/mol. The highest BCUT2D eigenvalue weighted by atomic mass is 32.2. The molecule has 1 aromatic carbocycles. The average molecular weight is 469 g/mol. The van der Waals surface area contributed by atoms with Gasteiger partial charge in [-0.1, -0.05) is 30.0 Å². The van der Waals surface area contributed by atoms with Crippen LogP contribution in [0.4, 0.5) is 5.82 Å². The maximum Gasteiger partial charge on any atom is 0.330 e. The molecule has 0 radical (unpaired) electrons. The van der Waals surface area contributed by atoms with Crippen molar-refractivity contribution in [2.75, 3.05) is 37.8 Å². The number of benzene rings is 1. The Morgan fingerprint density at radius 3 is 2.70 bits per heavy atom. The van der Waals surface area contributed by atoms with Gasteiger partial charge in [-0.15, -0.1) is 0 Å². The lowest BCUT2D eigenvalue weighted by atomic mass is 10.2. The molecule has 0 amide bonds. The highest BCUT2D eigenvalue weighted by Crippen LogP contribution is 2.35. The average Bonchev–Trinajstić information content (AvgIpc) is 3.63. The van der Waals surface area contributed by atoms with Crippen LogP contribution in [0.1, 0.15) is 35.1 Å². The smallest absolute Gasteiger partial charge is 0.330 e. The fourth-order valence-corrected chi connectivity index (χ4v) is 4.88. The third-order valence-corrected chi connectivity index (χ3v) is 6.79. The number of carbonyl (C=O) groups excluding carboxylic acids is 1. The van der Waals surface area contributed by atoms with E-state index in [4.69, 9.17) is 15.5 Å². The van der Waals surface area contributed by atoms with E-state index >= 15 is 0 Å². The standard InChI is InChI=1S/C22H24N6O4S/c23-19-18(20(30)26-22(31)28(19)13-5-6-13)16(29)12-33-21-14-3-1-2-4-15(14)24-17(25-21)11-27-7-9-32-10-8-27/h1-4,13H,5-12,23H2,(H,26,30,31). The molecule has 3 heterocycles. The SMILES string of the molecule is Nc1c(C(=O)CSc2nc(CN3CCOCC3)nc3ccccc23)c(=O)[nH]c(=O)n1C1CC1. The normalized spacial score (nSPS) is 16.8. The first-order valence-corrected chi connectivity index (χ1v) is 11.9. The molecule has 2 aliphatic rings. The third-order valence-electron chi connectivity index (χ3n) is 5.80. The molecule has 3 aromatic rings. The predicted molar refractivity (Wildman–Crippen MR) is 125 cm³/mol. The van der Waals surface area contributed by atoms with Gasteiger partial charge in [0.15, 0.2) is 5.78 Å². The van der Waals surface area contributed by atoms with E-state index in [1.807, 2.05) is 24.3 Å². The number of para-hydroxylation sites is 1. The van der Waals surface area contributed by atoms with Gasteiger partial charge in [0.2, 0.25) is 0 Å². The summed E-state index contributed by atoms with van der Waals surface area (Å²) < 4.78 is 6.73. The number of anilines is 1. The summed E-state index contributed by atoms with van der Waals surface area (Å²) in [6, 6.07) is 7.58. The molecule has 0 atom stereocenters. The van der Waals surface area contributed by atoms with Gasteiger partial charge in [-0.05, 0) is 18.9 Å². The molecule has 1 saturated carbocycles. The Morgan fingerprint density at radius 2 is 1.94 bits per heavy atom. The molecule has 10 nitrogen and oxygen atoms in total. The summed E-state index contributed by atoms with van der Waals surface area (Å²) in [4.78, 5) is 51.4. The summed E-state index contributed by atoms with van der Waals surface area (Å²) in [5.74, 6) is 0.141. The van der Waals surface area contributed by atoms with Crippen LogP contribution in [0.3, 0.4) is 0 Å². The van der Waals surface area contributed by atoms with Crippen LogP contribution in [0, 0.1) is 0 Å². The maximum absolute atomic E-state index is 13.0. The third kappa shape index (κ3) is 4.56. The number of hydrogen-bond acceptors (Lipinski definition) is 9. The number of ketones is 1. The largest absolute Gasteiger partial charge is 0.384 e. The number of nitrogens with zero attached hydrogens (tertiary/aromatic N) is 4. The molecule has 5 rings (SSSR count). The summed E-state index contributed by atoms with van der Waals surface area (Å²) in [6.07, 6.45) is 1.61. The number of rotatable bonds is 7. The first-order valence-electron chi connectivity index (χ1n) is 10.9. The van der Waals surface area contributed by atoms with E-state index in [-0.39, 0.29) is 23.2 Å². The Morgan fingerprint density at radius 1 is 1.18 bits per heavy atom. The van der Waals surface area contributed by atoms with Crippen LogP contribution in [0.2, 0.25) is 0 Å². The molecule has 1 aliphatic heterocycles. The Balaban J connectivity index is 1.41. The number of ether oxygens (including phenoxy) is 1. The zero-order valence-corrected chi connectivity index (χ0v) is 18.8. The molecule has 11 heteroatoms. The van der Waals surface area contributed by atoms with Gasteiger partial charge in [0, 0.05) is 24.5 Å². The second-order valence-electron chi connectivity index (χ2n) is 8.18. The van der Waals surface area contributed by atoms with Crippen LogP contribution in [0.5, 0.6) is 0 Å². The van der Waals surface area contributed by atoms with Gasteiger partial charge < -0.3 is 10.5 Å². The van der Waals surface area contributed by atoms with Crippen LogP contribution < -0.4 is 17.0 Å². The van der Waals surface area contributed by atoms with E-state index in [1.165, 1.54) is 16.3 Å². The number of aromatic amines is 1. The minimum atomic E-state index is -0.749. The zero-order chi connectivity index (χ0) is 22.9. The number of nitrogen functional groups attached to an aromatic ring is 1. The van der Waals surface area contributed by atoms with Crippen molar-refractivity contribution in [3.8, 4) is 0 Å². The molecule has 3 N–H and O–H groups in total. The van der Waals surface area contributed by atoms with Gasteiger partial charge in [-0.2, -0.15) is 0 Å². The molecule has 0 unspecified atom stereocenters. The maximum atomic E-state index is 13.0. The lowest BCUT2D eigenvalue weighted by Gasteiger charge is -2.25. The Kier molecular flexibility index (Phi) is 6.00. The van der Waals surface area contributed by atoms with Gasteiger partial charge in [0.05, 0.1) is 31.0 Å². The topological polar surface area (TPSA) is 136 Å². The minimum Gasteiger partial charge on any atom is -0.384 e. The lowest BCUT2D eigenvalue weighted by molar-refractivity contribution is 0.0330.